The van der Waals surface area contributed by atoms with Crippen LogP contribution in [0.4, 0.5) is 5.69 Å². The van der Waals surface area contributed by atoms with Gasteiger partial charge in [0.2, 0.25) is 5.91 Å². The Morgan fingerprint density at radius 3 is 2.80 bits per heavy atom. The number of hydrogen-bond donors (Lipinski definition) is 0. The molecule has 0 saturated heterocycles. The predicted octanol–water partition coefficient (Wildman–Crippen LogP) is 3.19. The molecule has 3 rings (SSSR count). The molecule has 20 heavy (non-hydrogen) atoms. The zero-order chi connectivity index (χ0) is 14.1. The number of benzene rings is 1. The number of fused-ring (bicyclic) bond motifs is 1. The maximum absolute atomic E-state index is 12.2. The number of amides is 1. The third-order valence-electron chi connectivity index (χ3n) is 4.03. The van der Waals surface area contributed by atoms with Gasteiger partial charge in [-0.2, -0.15) is 0 Å². The van der Waals surface area contributed by atoms with Crippen LogP contribution in [0.15, 0.2) is 18.2 Å². The fraction of sp³-hybridized carbons (Fsp3) is 0.500. The number of nitrogens with zero attached hydrogens (tertiary/aromatic N) is 1. The van der Waals surface area contributed by atoms with Crippen molar-refractivity contribution in [3.8, 4) is 0 Å². The molecule has 0 unspecified atom stereocenters. The van der Waals surface area contributed by atoms with E-state index in [1.165, 1.54) is 0 Å². The van der Waals surface area contributed by atoms with Gasteiger partial charge in [0, 0.05) is 36.0 Å². The van der Waals surface area contributed by atoms with Crippen LogP contribution in [0, 0.1) is 5.92 Å². The molecular weight excluding hydrogens is 274 g/mol. The molecule has 0 radical (unpaired) electrons. The van der Waals surface area contributed by atoms with Gasteiger partial charge in [0.25, 0.3) is 0 Å². The molecule has 1 saturated carbocycles. The summed E-state index contributed by atoms with van der Waals surface area (Å²) in [5, 5.41) is 0. The maximum Gasteiger partial charge on any atom is 0.230 e. The number of ketones is 1. The average molecular weight is 292 g/mol. The van der Waals surface area contributed by atoms with Crippen molar-refractivity contribution in [2.75, 3.05) is 17.3 Å². The molecular formula is C16H18ClNO2. The van der Waals surface area contributed by atoms with E-state index in [-0.39, 0.29) is 17.6 Å². The topological polar surface area (TPSA) is 37.4 Å². The molecule has 4 heteroatoms. The number of carbonyl (C=O) groups excluding carboxylic acids is 2. The standard InChI is InChI=1S/C16H18ClNO2/c17-8-1-2-15(19)13-5-6-14-12(10-13)7-9-18(14)16(20)11-3-4-11/h5-6,10-11H,1-4,7-9H2. The van der Waals surface area contributed by atoms with Crippen LogP contribution in [-0.4, -0.2) is 24.1 Å². The van der Waals surface area contributed by atoms with E-state index in [4.69, 9.17) is 11.6 Å². The monoisotopic (exact) mass is 291 g/mol. The molecule has 0 N–H and O–H groups in total. The Morgan fingerprint density at radius 2 is 2.10 bits per heavy atom. The summed E-state index contributed by atoms with van der Waals surface area (Å²) in [5.74, 6) is 1.15. The van der Waals surface area contributed by atoms with Gasteiger partial charge in [-0.05, 0) is 49.4 Å². The third-order valence-corrected chi connectivity index (χ3v) is 4.29. The van der Waals surface area contributed by atoms with Crippen LogP contribution in [0.25, 0.3) is 0 Å². The molecule has 1 heterocycles. The van der Waals surface area contributed by atoms with E-state index in [2.05, 4.69) is 0 Å². The number of alkyl halides is 1. The minimum Gasteiger partial charge on any atom is -0.312 e. The lowest BCUT2D eigenvalue weighted by Gasteiger charge is -2.17. The minimum absolute atomic E-state index is 0.139. The summed E-state index contributed by atoms with van der Waals surface area (Å²) in [4.78, 5) is 26.1. The lowest BCUT2D eigenvalue weighted by molar-refractivity contribution is -0.119. The highest BCUT2D eigenvalue weighted by molar-refractivity contribution is 6.18. The van der Waals surface area contributed by atoms with E-state index in [1.54, 1.807) is 0 Å². The van der Waals surface area contributed by atoms with E-state index in [1.807, 2.05) is 23.1 Å². The summed E-state index contributed by atoms with van der Waals surface area (Å²) in [6.45, 7) is 0.754. The van der Waals surface area contributed by atoms with E-state index in [0.717, 1.165) is 42.6 Å². The summed E-state index contributed by atoms with van der Waals surface area (Å²) in [6.07, 6.45) is 4.11. The fourth-order valence-corrected chi connectivity index (χ4v) is 2.86. The zero-order valence-electron chi connectivity index (χ0n) is 11.4. The Morgan fingerprint density at radius 1 is 1.30 bits per heavy atom. The Balaban J connectivity index is 1.77. The van der Waals surface area contributed by atoms with Crippen molar-refractivity contribution in [3.63, 3.8) is 0 Å². The van der Waals surface area contributed by atoms with Gasteiger partial charge in [0.15, 0.2) is 5.78 Å². The first-order valence-electron chi connectivity index (χ1n) is 7.24. The Hall–Kier alpha value is -1.35. The van der Waals surface area contributed by atoms with E-state index >= 15 is 0 Å². The summed E-state index contributed by atoms with van der Waals surface area (Å²) in [5.41, 5.74) is 2.86. The second-order valence-electron chi connectivity index (χ2n) is 5.57. The zero-order valence-corrected chi connectivity index (χ0v) is 12.2. The van der Waals surface area contributed by atoms with Crippen molar-refractivity contribution >= 4 is 29.0 Å². The molecule has 1 fully saturated rings. The average Bonchev–Trinajstić information content (AvgIpc) is 3.23. The summed E-state index contributed by atoms with van der Waals surface area (Å²) >= 11 is 5.62. The Labute approximate surface area is 123 Å². The van der Waals surface area contributed by atoms with Gasteiger partial charge in [-0.25, -0.2) is 0 Å². The van der Waals surface area contributed by atoms with Gasteiger partial charge in [0.1, 0.15) is 0 Å². The molecule has 0 bridgehead atoms. The lowest BCUT2D eigenvalue weighted by Crippen LogP contribution is -2.30. The van der Waals surface area contributed by atoms with Crippen molar-refractivity contribution in [2.24, 2.45) is 5.92 Å². The first kappa shape index (κ1) is 13.6. The number of rotatable bonds is 5. The SMILES string of the molecule is O=C(CCCCl)c1ccc2c(c1)CCN2C(=O)C1CC1. The molecule has 1 aliphatic heterocycles. The Kier molecular flexibility index (Phi) is 3.79. The Bertz CT molecular complexity index is 551. The molecule has 1 aliphatic carbocycles. The molecule has 1 amide bonds. The minimum atomic E-state index is 0.139. The first-order valence-corrected chi connectivity index (χ1v) is 7.77. The quantitative estimate of drug-likeness (QED) is 0.617. The van der Waals surface area contributed by atoms with Gasteiger partial charge in [-0.1, -0.05) is 0 Å². The highest BCUT2D eigenvalue weighted by Gasteiger charge is 2.36. The van der Waals surface area contributed by atoms with Gasteiger partial charge in [0.05, 0.1) is 0 Å². The summed E-state index contributed by atoms with van der Waals surface area (Å²) in [6, 6.07) is 5.72. The molecule has 1 aromatic rings. The lowest BCUT2D eigenvalue weighted by atomic mass is 10.0. The van der Waals surface area contributed by atoms with Gasteiger partial charge < -0.3 is 4.90 Å². The first-order chi connectivity index (χ1) is 9.70. The van der Waals surface area contributed by atoms with Crippen LogP contribution in [0.3, 0.4) is 0 Å². The van der Waals surface area contributed by atoms with Crippen LogP contribution in [0.2, 0.25) is 0 Å². The number of Topliss-reactive ketones (excluding diaryl/α,β-unsaturated/α-hetero) is 1. The van der Waals surface area contributed by atoms with E-state index < -0.39 is 0 Å². The van der Waals surface area contributed by atoms with Gasteiger partial charge in [-0.15, -0.1) is 11.6 Å². The fourth-order valence-electron chi connectivity index (χ4n) is 2.73. The van der Waals surface area contributed by atoms with Crippen LogP contribution in [0.1, 0.15) is 41.6 Å². The smallest absolute Gasteiger partial charge is 0.230 e. The van der Waals surface area contributed by atoms with Crippen molar-refractivity contribution in [1.82, 2.24) is 0 Å². The summed E-state index contributed by atoms with van der Waals surface area (Å²) in [7, 11) is 0. The largest absolute Gasteiger partial charge is 0.312 e. The van der Waals surface area contributed by atoms with Gasteiger partial charge >= 0.3 is 0 Å². The molecule has 3 nitrogen and oxygen atoms in total. The summed E-state index contributed by atoms with van der Waals surface area (Å²) < 4.78 is 0. The van der Waals surface area contributed by atoms with Crippen LogP contribution < -0.4 is 4.90 Å². The second kappa shape index (κ2) is 5.57. The van der Waals surface area contributed by atoms with Crippen LogP contribution in [0.5, 0.6) is 0 Å². The molecule has 2 aliphatic rings. The van der Waals surface area contributed by atoms with Crippen LogP contribution >= 0.6 is 11.6 Å². The number of halogens is 1. The van der Waals surface area contributed by atoms with Crippen molar-refractivity contribution in [1.29, 1.82) is 0 Å². The number of hydrogen-bond acceptors (Lipinski definition) is 2. The van der Waals surface area contributed by atoms with Gasteiger partial charge in [-0.3, -0.25) is 9.59 Å². The van der Waals surface area contributed by atoms with Crippen molar-refractivity contribution in [3.05, 3.63) is 29.3 Å². The molecule has 0 aromatic heterocycles. The predicted molar refractivity (Wildman–Crippen MR) is 79.5 cm³/mol. The molecule has 106 valence electrons. The van der Waals surface area contributed by atoms with Crippen LogP contribution in [-0.2, 0) is 11.2 Å². The normalized spacial score (nSPS) is 17.1. The molecule has 0 atom stereocenters. The highest BCUT2D eigenvalue weighted by Crippen LogP contribution is 2.36. The molecule has 1 aromatic carbocycles. The van der Waals surface area contributed by atoms with E-state index in [9.17, 15) is 9.59 Å². The van der Waals surface area contributed by atoms with Crippen molar-refractivity contribution in [2.45, 2.75) is 32.1 Å². The van der Waals surface area contributed by atoms with E-state index in [0.29, 0.717) is 18.7 Å². The second-order valence-corrected chi connectivity index (χ2v) is 5.95. The number of anilines is 1. The maximum atomic E-state index is 12.2. The van der Waals surface area contributed by atoms with Crippen molar-refractivity contribution < 1.29 is 9.59 Å². The third kappa shape index (κ3) is 2.59. The molecule has 0 spiro atoms. The highest BCUT2D eigenvalue weighted by atomic mass is 35.5. The number of carbonyl (C=O) groups is 2.